The van der Waals surface area contributed by atoms with Crippen molar-refractivity contribution in [3.8, 4) is 0 Å². The molecule has 2 aliphatic carbocycles. The van der Waals surface area contributed by atoms with E-state index in [9.17, 15) is 0 Å². The van der Waals surface area contributed by atoms with Gasteiger partial charge in [0, 0.05) is 0 Å². The van der Waals surface area contributed by atoms with E-state index in [0.29, 0.717) is 11.8 Å². The molecule has 2 rings (SSSR count). The van der Waals surface area contributed by atoms with E-state index in [1.807, 2.05) is 0 Å². The number of rotatable bonds is 2. The Hall–Kier alpha value is 0.372. The SMILES string of the molecule is [Li][C]1=C([Si](C)(C)C2=[C]([Li])C(C)C=C2C(C)(C)C)C(C(C)(C)C)=CC1C. The summed E-state index contributed by atoms with van der Waals surface area (Å²) in [6, 6.07) is 0. The summed E-state index contributed by atoms with van der Waals surface area (Å²) in [5.41, 5.74) is 3.66. The molecule has 0 heterocycles. The second kappa shape index (κ2) is 6.76. The molecule has 2 aliphatic rings. The van der Waals surface area contributed by atoms with E-state index in [-0.39, 0.29) is 10.8 Å². The van der Waals surface area contributed by atoms with Gasteiger partial charge in [0.1, 0.15) is 0 Å². The van der Waals surface area contributed by atoms with Crippen LogP contribution in [0.4, 0.5) is 0 Å². The fourth-order valence-corrected chi connectivity index (χ4v) is 9.77. The minimum atomic E-state index is -1.77. The van der Waals surface area contributed by atoms with Crippen molar-refractivity contribution >= 4 is 43.5 Å². The van der Waals surface area contributed by atoms with Crippen molar-refractivity contribution in [3.63, 3.8) is 0 Å². The van der Waals surface area contributed by atoms with Crippen molar-refractivity contribution in [2.45, 2.75) is 68.5 Å². The van der Waals surface area contributed by atoms with Crippen LogP contribution in [0.3, 0.4) is 0 Å². The number of hydrogen-bond donors (Lipinski definition) is 0. The first-order chi connectivity index (χ1) is 11.1. The Kier molecular flexibility index (Phi) is 5.86. The predicted octanol–water partition coefficient (Wildman–Crippen LogP) is 5.86. The van der Waals surface area contributed by atoms with Gasteiger partial charge in [-0.05, 0) is 0 Å². The van der Waals surface area contributed by atoms with E-state index < -0.39 is 8.07 Å². The molecule has 0 bridgehead atoms. The topological polar surface area (TPSA) is 0 Å². The van der Waals surface area contributed by atoms with Gasteiger partial charge in [-0.1, -0.05) is 0 Å². The first-order valence-electron chi connectivity index (χ1n) is 9.98. The fourth-order valence-electron chi connectivity index (χ4n) is 4.83. The van der Waals surface area contributed by atoms with Crippen molar-refractivity contribution < 1.29 is 0 Å². The van der Waals surface area contributed by atoms with Gasteiger partial charge in [0.2, 0.25) is 0 Å². The van der Waals surface area contributed by atoms with Crippen LogP contribution in [0.15, 0.2) is 42.2 Å². The third-order valence-electron chi connectivity index (χ3n) is 6.39. The first kappa shape index (κ1) is 21.7. The van der Waals surface area contributed by atoms with Crippen LogP contribution in [0.25, 0.3) is 0 Å². The number of hydrogen-bond acceptors (Lipinski definition) is 0. The molecule has 0 aromatic heterocycles. The Morgan fingerprint density at radius 3 is 1.24 bits per heavy atom. The fraction of sp³-hybridized carbons (Fsp3) is 0.636. The average molecular weight is 340 g/mol. The summed E-state index contributed by atoms with van der Waals surface area (Å²) in [6.45, 7) is 24.2. The van der Waals surface area contributed by atoms with Gasteiger partial charge in [0.25, 0.3) is 0 Å². The van der Waals surface area contributed by atoms with Crippen LogP contribution in [0.5, 0.6) is 0 Å². The molecule has 0 aromatic carbocycles. The maximum absolute atomic E-state index is 2.60. The maximum atomic E-state index is 2.60. The molecule has 0 radical (unpaired) electrons. The Balaban J connectivity index is 2.70. The second-order valence-electron chi connectivity index (χ2n) is 11.0. The molecule has 0 amide bonds. The van der Waals surface area contributed by atoms with E-state index >= 15 is 0 Å². The summed E-state index contributed by atoms with van der Waals surface area (Å²) in [5, 5.41) is 3.46. The Morgan fingerprint density at radius 2 is 1.00 bits per heavy atom. The van der Waals surface area contributed by atoms with Crippen LogP contribution in [-0.4, -0.2) is 43.5 Å². The second-order valence-corrected chi connectivity index (χ2v) is 15.2. The zero-order chi connectivity index (χ0) is 19.5. The molecule has 0 N–H and O–H groups in total. The van der Waals surface area contributed by atoms with Gasteiger partial charge in [-0.3, -0.25) is 0 Å². The molecule has 0 saturated heterocycles. The molecule has 128 valence electrons. The summed E-state index contributed by atoms with van der Waals surface area (Å²) in [5.74, 6) is 1.16. The van der Waals surface area contributed by atoms with Crippen LogP contribution in [0, 0.1) is 22.7 Å². The Bertz CT molecular complexity index is 643. The Labute approximate surface area is 176 Å². The van der Waals surface area contributed by atoms with Gasteiger partial charge >= 0.3 is 177 Å². The molecule has 2 unspecified atom stereocenters. The Morgan fingerprint density at radius 1 is 0.720 bits per heavy atom. The van der Waals surface area contributed by atoms with Crippen LogP contribution in [-0.2, 0) is 0 Å². The van der Waals surface area contributed by atoms with E-state index in [1.54, 1.807) is 30.0 Å². The van der Waals surface area contributed by atoms with Crippen LogP contribution >= 0.6 is 0 Å². The van der Waals surface area contributed by atoms with E-state index in [0.717, 1.165) is 0 Å². The minimum absolute atomic E-state index is 0.218. The normalized spacial score (nSPS) is 25.8. The van der Waals surface area contributed by atoms with Gasteiger partial charge in [0.05, 0.1) is 0 Å². The molecular weight excluding hydrogens is 306 g/mol. The quantitative estimate of drug-likeness (QED) is 0.552. The molecule has 0 fully saturated rings. The molecule has 2 atom stereocenters. The average Bonchev–Trinajstić information content (AvgIpc) is 2.89. The van der Waals surface area contributed by atoms with Gasteiger partial charge in [-0.2, -0.15) is 0 Å². The zero-order valence-electron chi connectivity index (χ0n) is 18.8. The third-order valence-corrected chi connectivity index (χ3v) is 10.2. The summed E-state index contributed by atoms with van der Waals surface area (Å²) >= 11 is 4.78. The van der Waals surface area contributed by atoms with Crippen LogP contribution in [0.1, 0.15) is 55.4 Å². The van der Waals surface area contributed by atoms with Gasteiger partial charge in [0.15, 0.2) is 0 Å². The first-order valence-corrected chi connectivity index (χ1v) is 13.0. The predicted molar refractivity (Wildman–Crippen MR) is 116 cm³/mol. The van der Waals surface area contributed by atoms with Crippen molar-refractivity contribution in [3.05, 3.63) is 42.2 Å². The van der Waals surface area contributed by atoms with Gasteiger partial charge in [-0.15, -0.1) is 0 Å². The molecule has 25 heavy (non-hydrogen) atoms. The molecular formula is C22H34Li2Si. The van der Waals surface area contributed by atoms with E-state index in [2.05, 4.69) is 116 Å². The molecule has 3 heteroatoms. The summed E-state index contributed by atoms with van der Waals surface area (Å²) in [6.07, 6.45) is 5.10. The summed E-state index contributed by atoms with van der Waals surface area (Å²) < 4.78 is 3.24. The molecule has 0 saturated carbocycles. The monoisotopic (exact) mass is 340 g/mol. The molecule has 0 nitrogen and oxygen atoms in total. The van der Waals surface area contributed by atoms with E-state index in [4.69, 9.17) is 0 Å². The van der Waals surface area contributed by atoms with Crippen LogP contribution < -0.4 is 0 Å². The van der Waals surface area contributed by atoms with Crippen molar-refractivity contribution in [1.29, 1.82) is 0 Å². The standard InChI is InChI=1S/C22H34Si.2Li/c1-15-11-17(21(3,4)5)19(13-15)23(9,10)20-14-16(2)12-18(20)22(6,7)8;;/h11-12,15-16H,1-10H3;;. The molecule has 0 aliphatic heterocycles. The molecule has 0 aromatic rings. The van der Waals surface area contributed by atoms with Crippen molar-refractivity contribution in [1.82, 2.24) is 0 Å². The van der Waals surface area contributed by atoms with E-state index in [1.165, 1.54) is 0 Å². The molecule has 0 spiro atoms. The van der Waals surface area contributed by atoms with Crippen molar-refractivity contribution in [2.24, 2.45) is 22.7 Å². The van der Waals surface area contributed by atoms with Gasteiger partial charge in [-0.25, -0.2) is 0 Å². The van der Waals surface area contributed by atoms with Gasteiger partial charge < -0.3 is 0 Å². The van der Waals surface area contributed by atoms with Crippen LogP contribution in [0.2, 0.25) is 13.1 Å². The number of allylic oxidation sites excluding steroid dienone is 8. The summed E-state index contributed by atoms with van der Waals surface area (Å²) in [4.78, 5) is 0. The summed E-state index contributed by atoms with van der Waals surface area (Å²) in [7, 11) is -1.77. The third kappa shape index (κ3) is 3.84. The zero-order valence-corrected chi connectivity index (χ0v) is 19.8. The van der Waals surface area contributed by atoms with Crippen molar-refractivity contribution in [2.75, 3.05) is 0 Å².